The van der Waals surface area contributed by atoms with Crippen molar-refractivity contribution in [1.82, 2.24) is 9.78 Å². The Bertz CT molecular complexity index is 1620. The van der Waals surface area contributed by atoms with E-state index in [0.29, 0.717) is 5.56 Å². The van der Waals surface area contributed by atoms with Gasteiger partial charge in [0, 0.05) is 50.7 Å². The SMILES string of the molecule is [CH2-][n+]1ccccc1.[CH2-]c1ccc(F)c2c1-c1c3c(cccc3cc[n+]1[CH2-])C2(C)C.[CH2-]n1ccc(C(C)(C)C)n1.[Ir]. The first-order valence-electron chi connectivity index (χ1n) is 12.9. The summed E-state index contributed by atoms with van der Waals surface area (Å²) in [5.74, 6) is -0.182. The van der Waals surface area contributed by atoms with Gasteiger partial charge in [-0.25, -0.2) is 9.49 Å². The summed E-state index contributed by atoms with van der Waals surface area (Å²) in [5.41, 5.74) is 5.33. The van der Waals surface area contributed by atoms with Crippen LogP contribution in [0.5, 0.6) is 0 Å². The smallest absolute Gasteiger partial charge is 0.102 e. The van der Waals surface area contributed by atoms with Crippen LogP contribution in [-0.4, -0.2) is 9.78 Å². The molecule has 6 rings (SSSR count). The van der Waals surface area contributed by atoms with Crippen LogP contribution in [0.4, 0.5) is 4.39 Å². The van der Waals surface area contributed by atoms with Gasteiger partial charge in [0.15, 0.2) is 0 Å². The average Bonchev–Trinajstić information content (AvgIpc) is 3.33. The minimum absolute atomic E-state index is 0. The maximum atomic E-state index is 14.7. The number of pyridine rings is 2. The summed E-state index contributed by atoms with van der Waals surface area (Å²) in [6.07, 6.45) is 7.56. The van der Waals surface area contributed by atoms with Gasteiger partial charge in [-0.2, -0.15) is 25.6 Å². The summed E-state index contributed by atoms with van der Waals surface area (Å²) < 4.78 is 19.9. The minimum atomic E-state index is -0.409. The molecule has 0 saturated heterocycles. The Hall–Kier alpha value is -3.73. The van der Waals surface area contributed by atoms with E-state index in [1.165, 1.54) is 6.07 Å². The van der Waals surface area contributed by atoms with E-state index in [1.807, 2.05) is 59.7 Å². The predicted molar refractivity (Wildman–Crippen MR) is 156 cm³/mol. The molecule has 0 atom stereocenters. The third kappa shape index (κ3) is 6.04. The molecule has 0 N–H and O–H groups in total. The topological polar surface area (TPSA) is 25.6 Å². The molecule has 1 aliphatic rings. The molecule has 3 heterocycles. The average molecular weight is 713 g/mol. The summed E-state index contributed by atoms with van der Waals surface area (Å²) in [6, 6.07) is 19.4. The number of fused-ring (bicyclic) bond motifs is 2. The van der Waals surface area contributed by atoms with Gasteiger partial charge in [0.1, 0.15) is 5.82 Å². The Balaban J connectivity index is 0.000000203. The first-order valence-corrected chi connectivity index (χ1v) is 12.9. The van der Waals surface area contributed by atoms with Crippen molar-refractivity contribution in [1.29, 1.82) is 0 Å². The number of nitrogens with zero attached hydrogens (tertiary/aromatic N) is 4. The Morgan fingerprint density at radius 1 is 0.900 bits per heavy atom. The van der Waals surface area contributed by atoms with Gasteiger partial charge >= 0.3 is 0 Å². The number of benzene rings is 2. The molecule has 3 aromatic heterocycles. The molecule has 0 saturated carbocycles. The van der Waals surface area contributed by atoms with Gasteiger partial charge in [-0.1, -0.05) is 82.6 Å². The molecule has 4 nitrogen and oxygen atoms in total. The van der Waals surface area contributed by atoms with Gasteiger partial charge in [0.2, 0.25) is 0 Å². The van der Waals surface area contributed by atoms with E-state index in [2.05, 4.69) is 86.0 Å². The van der Waals surface area contributed by atoms with Crippen molar-refractivity contribution < 1.29 is 33.6 Å². The van der Waals surface area contributed by atoms with Crippen molar-refractivity contribution in [2.45, 2.75) is 45.4 Å². The molecule has 0 unspecified atom stereocenters. The quantitative estimate of drug-likeness (QED) is 0.128. The summed E-state index contributed by atoms with van der Waals surface area (Å²) in [4.78, 5) is 0. The van der Waals surface area contributed by atoms with E-state index >= 15 is 0 Å². The second kappa shape index (κ2) is 11.8. The zero-order valence-corrected chi connectivity index (χ0v) is 26.3. The third-order valence-corrected chi connectivity index (χ3v) is 7.02. The maximum absolute atomic E-state index is 14.7. The number of hydrogen-bond acceptors (Lipinski definition) is 1. The Morgan fingerprint density at radius 2 is 1.57 bits per heavy atom. The van der Waals surface area contributed by atoms with Crippen molar-refractivity contribution in [2.24, 2.45) is 0 Å². The van der Waals surface area contributed by atoms with E-state index in [0.717, 1.165) is 38.9 Å². The molecule has 0 spiro atoms. The van der Waals surface area contributed by atoms with E-state index in [4.69, 9.17) is 0 Å². The fourth-order valence-corrected chi connectivity index (χ4v) is 4.98. The van der Waals surface area contributed by atoms with Gasteiger partial charge < -0.3 is 13.8 Å². The van der Waals surface area contributed by atoms with Crippen molar-refractivity contribution in [2.75, 3.05) is 0 Å². The van der Waals surface area contributed by atoms with Gasteiger partial charge in [0.05, 0.1) is 24.3 Å². The van der Waals surface area contributed by atoms with Gasteiger partial charge in [-0.15, -0.1) is 17.8 Å². The Morgan fingerprint density at radius 3 is 2.10 bits per heavy atom. The van der Waals surface area contributed by atoms with Gasteiger partial charge in [-0.05, 0) is 22.4 Å². The molecule has 0 amide bonds. The number of halogens is 1. The van der Waals surface area contributed by atoms with E-state index in [9.17, 15) is 4.39 Å². The first-order chi connectivity index (χ1) is 18.3. The van der Waals surface area contributed by atoms with Crippen LogP contribution in [0.3, 0.4) is 0 Å². The fourth-order valence-electron chi connectivity index (χ4n) is 4.98. The van der Waals surface area contributed by atoms with Crippen LogP contribution in [0.25, 0.3) is 22.0 Å². The molecule has 2 aromatic carbocycles. The molecule has 211 valence electrons. The van der Waals surface area contributed by atoms with Crippen molar-refractivity contribution in [3.63, 3.8) is 0 Å². The van der Waals surface area contributed by atoms with Crippen LogP contribution < -0.4 is 9.13 Å². The van der Waals surface area contributed by atoms with Gasteiger partial charge in [-0.3, -0.25) is 0 Å². The molecule has 1 aliphatic carbocycles. The zero-order valence-electron chi connectivity index (χ0n) is 23.9. The zero-order chi connectivity index (χ0) is 28.5. The standard InChI is InChI=1S/C20H17FN.C8H13N2.C6H7N.Ir/c1-12-8-9-15(21)18-16(12)19-17-13(10-11-22(19)4)6-5-7-14(17)20(18,2)3;1-8(2,3)7-5-6-10(4)9-7;1-7-5-3-2-4-6-7;/h5-11H,1,4H2,2-3H3;5-6H,4H2,1-3H3;2-6H,1H2;/q2*-1;;. The van der Waals surface area contributed by atoms with E-state index in [-0.39, 0.29) is 31.3 Å². The molecule has 1 radical (unpaired) electrons. The fraction of sp³-hybridized carbons (Fsp3) is 0.206. The molecule has 5 aromatic rings. The molecule has 0 fully saturated rings. The van der Waals surface area contributed by atoms with E-state index < -0.39 is 5.41 Å². The summed E-state index contributed by atoms with van der Waals surface area (Å²) >= 11 is 0. The second-order valence-electron chi connectivity index (χ2n) is 11.4. The minimum Gasteiger partial charge on any atom is -0.408 e. The largest absolute Gasteiger partial charge is 0.408 e. The van der Waals surface area contributed by atoms with Crippen LogP contribution in [0.2, 0.25) is 0 Å². The summed E-state index contributed by atoms with van der Waals surface area (Å²) in [7, 11) is 11.4. The second-order valence-corrected chi connectivity index (χ2v) is 11.4. The van der Waals surface area contributed by atoms with Gasteiger partial charge in [0.25, 0.3) is 0 Å². The Labute approximate surface area is 251 Å². The molecule has 0 aliphatic heterocycles. The summed E-state index contributed by atoms with van der Waals surface area (Å²) in [5, 5.41) is 6.48. The molecular formula is C34H37FIrN4-2. The molecular weight excluding hydrogens is 676 g/mol. The number of aromatic nitrogens is 4. The number of hydrogen-bond donors (Lipinski definition) is 0. The van der Waals surface area contributed by atoms with Crippen LogP contribution >= 0.6 is 0 Å². The van der Waals surface area contributed by atoms with Crippen molar-refractivity contribution >= 4 is 10.8 Å². The van der Waals surface area contributed by atoms with Crippen LogP contribution in [0.15, 0.2) is 85.5 Å². The van der Waals surface area contributed by atoms with E-state index in [1.54, 1.807) is 15.3 Å². The van der Waals surface area contributed by atoms with Crippen LogP contribution in [0, 0.1) is 33.9 Å². The first kappa shape index (κ1) is 30.8. The number of rotatable bonds is 0. The normalized spacial score (nSPS) is 12.7. The Kier molecular flexibility index (Phi) is 9.08. The molecule has 0 bridgehead atoms. The van der Waals surface area contributed by atoms with Crippen molar-refractivity contribution in [3.05, 3.63) is 142 Å². The summed E-state index contributed by atoms with van der Waals surface area (Å²) in [6.45, 7) is 14.7. The molecule has 40 heavy (non-hydrogen) atoms. The maximum Gasteiger partial charge on any atom is 0.102 e. The van der Waals surface area contributed by atoms with Crippen LogP contribution in [-0.2, 0) is 30.9 Å². The van der Waals surface area contributed by atoms with Crippen LogP contribution in [0.1, 0.15) is 57.0 Å². The molecule has 6 heteroatoms. The van der Waals surface area contributed by atoms with Crippen molar-refractivity contribution in [3.8, 4) is 11.3 Å². The predicted octanol–water partition coefficient (Wildman–Crippen LogP) is 6.83. The monoisotopic (exact) mass is 713 g/mol. The third-order valence-electron chi connectivity index (χ3n) is 7.02.